The molecule has 10 nitrogen and oxygen atoms in total. The van der Waals surface area contributed by atoms with Crippen LogP contribution < -0.4 is 5.32 Å². The molecule has 4 rings (SSSR count). The molecule has 2 heterocycles. The van der Waals surface area contributed by atoms with Gasteiger partial charge in [0.15, 0.2) is 9.84 Å². The molecule has 3 aliphatic rings. The maximum Gasteiger partial charge on any atom is 0.268 e. The molecule has 37 heavy (non-hydrogen) atoms. The van der Waals surface area contributed by atoms with Crippen molar-refractivity contribution in [3.63, 3.8) is 0 Å². The molecule has 2 N–H and O–H groups in total. The number of nitrogens with zero attached hydrogens (tertiary/aromatic N) is 4. The van der Waals surface area contributed by atoms with Crippen molar-refractivity contribution in [2.45, 2.75) is 74.6 Å². The molecule has 11 heteroatoms. The number of likely N-dealkylation sites (N-methyl/N-ethyl adjacent to an activating group) is 1. The number of aliphatic hydroxyl groups excluding tert-OH is 1. The highest BCUT2D eigenvalue weighted by molar-refractivity contribution is 7.94. The van der Waals surface area contributed by atoms with Gasteiger partial charge in [0.05, 0.1) is 27.2 Å². The van der Waals surface area contributed by atoms with Crippen molar-refractivity contribution < 1.29 is 23.1 Å². The second kappa shape index (κ2) is 9.72. The van der Waals surface area contributed by atoms with Gasteiger partial charge in [-0.1, -0.05) is 12.1 Å². The van der Waals surface area contributed by atoms with Crippen molar-refractivity contribution in [2.75, 3.05) is 20.1 Å². The van der Waals surface area contributed by atoms with Crippen LogP contribution in [0.25, 0.3) is 0 Å². The minimum absolute atomic E-state index is 0.120. The van der Waals surface area contributed by atoms with Gasteiger partial charge in [-0.25, -0.2) is 8.42 Å². The fourth-order valence-corrected chi connectivity index (χ4v) is 8.28. The van der Waals surface area contributed by atoms with Crippen LogP contribution in [0.3, 0.4) is 0 Å². The summed E-state index contributed by atoms with van der Waals surface area (Å²) in [6.45, 7) is 5.61. The van der Waals surface area contributed by atoms with Crippen molar-refractivity contribution in [1.29, 1.82) is 5.26 Å². The zero-order chi connectivity index (χ0) is 27.2. The number of likely N-dealkylation sites (tertiary alicyclic amines) is 1. The van der Waals surface area contributed by atoms with Gasteiger partial charge in [-0.2, -0.15) is 10.4 Å². The largest absolute Gasteiger partial charge is 0.393 e. The summed E-state index contributed by atoms with van der Waals surface area (Å²) in [5, 5.41) is 27.5. The molecule has 1 saturated carbocycles. The fourth-order valence-electron chi connectivity index (χ4n) is 5.68. The molecule has 2 amide bonds. The standard InChI is InChI=1S/C26H35N5O5S/c1-17(32)13-25(2,3)37(35,36)26(10-11-26)16-31-12-9-20-21(29-30(4)22(20)24(31)34)23(33)28-15-19-7-5-18(14-27)6-8-19/h5-8,17,20,22,32H,9-13,15-16H2,1-4H3,(H,28,33)/t17-,20?,22?/m0/s1. The topological polar surface area (TPSA) is 143 Å². The lowest BCUT2D eigenvalue weighted by Gasteiger charge is -2.39. The van der Waals surface area contributed by atoms with Gasteiger partial charge in [-0.05, 0) is 64.2 Å². The number of hydrazone groups is 1. The number of rotatable bonds is 9. The highest BCUT2D eigenvalue weighted by Gasteiger charge is 2.61. The Morgan fingerprint density at radius 2 is 1.97 bits per heavy atom. The number of nitriles is 1. The van der Waals surface area contributed by atoms with Crippen LogP contribution in [0.2, 0.25) is 0 Å². The molecule has 3 atom stereocenters. The van der Waals surface area contributed by atoms with E-state index in [1.807, 2.05) is 0 Å². The summed E-state index contributed by atoms with van der Waals surface area (Å²) in [6.07, 6.45) is 0.880. The lowest BCUT2D eigenvalue weighted by atomic mass is 9.87. The van der Waals surface area contributed by atoms with E-state index in [1.54, 1.807) is 57.0 Å². The molecular weight excluding hydrogens is 494 g/mol. The van der Waals surface area contributed by atoms with Gasteiger partial charge in [0.1, 0.15) is 11.8 Å². The maximum atomic E-state index is 13.6. The summed E-state index contributed by atoms with van der Waals surface area (Å²) in [6, 6.07) is 8.33. The summed E-state index contributed by atoms with van der Waals surface area (Å²) in [7, 11) is -1.96. The number of sulfone groups is 1. The first kappa shape index (κ1) is 27.1. The number of nitrogens with one attached hydrogen (secondary N) is 1. The Morgan fingerprint density at radius 1 is 1.32 bits per heavy atom. The number of hydrogen-bond donors (Lipinski definition) is 2. The SMILES string of the molecule is C[C@H](O)CC(C)(C)S(=O)(=O)C1(CN2CCC3C(C(=O)NCc4ccc(C#N)cc4)=NN(C)C3C2=O)CC1. The minimum atomic E-state index is -3.62. The molecular formula is C26H35N5O5S. The van der Waals surface area contributed by atoms with Crippen LogP contribution in [-0.4, -0.2) is 82.7 Å². The van der Waals surface area contributed by atoms with Gasteiger partial charge in [0, 0.05) is 32.6 Å². The second-order valence-corrected chi connectivity index (χ2v) is 14.1. The lowest BCUT2D eigenvalue weighted by Crippen LogP contribution is -2.57. The first-order chi connectivity index (χ1) is 17.3. The molecule has 2 aliphatic heterocycles. The molecule has 0 bridgehead atoms. The van der Waals surface area contributed by atoms with Crippen LogP contribution >= 0.6 is 0 Å². The molecule has 200 valence electrons. The van der Waals surface area contributed by atoms with Crippen molar-refractivity contribution in [1.82, 2.24) is 15.2 Å². The number of carbonyl (C=O) groups excluding carboxylic acids is 2. The summed E-state index contributed by atoms with van der Waals surface area (Å²) in [5.41, 5.74) is 1.69. The van der Waals surface area contributed by atoms with E-state index in [4.69, 9.17) is 5.26 Å². The third-order valence-electron chi connectivity index (χ3n) is 7.82. The average molecular weight is 530 g/mol. The normalized spacial score (nSPS) is 23.7. The monoisotopic (exact) mass is 529 g/mol. The van der Waals surface area contributed by atoms with Crippen LogP contribution in [0.1, 0.15) is 57.6 Å². The third-order valence-corrected chi connectivity index (χ3v) is 11.1. The van der Waals surface area contributed by atoms with E-state index in [0.29, 0.717) is 37.1 Å². The van der Waals surface area contributed by atoms with E-state index in [9.17, 15) is 23.1 Å². The molecule has 0 spiro atoms. The first-order valence-electron chi connectivity index (χ1n) is 12.6. The lowest BCUT2D eigenvalue weighted by molar-refractivity contribution is -0.140. The number of hydrogen-bond acceptors (Lipinski definition) is 8. The maximum absolute atomic E-state index is 13.6. The van der Waals surface area contributed by atoms with Crippen LogP contribution in [0, 0.1) is 17.2 Å². The Hall–Kier alpha value is -2.97. The van der Waals surface area contributed by atoms with Crippen LogP contribution in [0.4, 0.5) is 0 Å². The van der Waals surface area contributed by atoms with E-state index in [2.05, 4.69) is 16.5 Å². The van der Waals surface area contributed by atoms with Crippen molar-refractivity contribution in [3.8, 4) is 6.07 Å². The Kier molecular flexibility index (Phi) is 7.12. The summed E-state index contributed by atoms with van der Waals surface area (Å²) in [5.74, 6) is -0.925. The van der Waals surface area contributed by atoms with E-state index in [-0.39, 0.29) is 37.2 Å². The van der Waals surface area contributed by atoms with Gasteiger partial charge in [0.2, 0.25) is 5.91 Å². The number of piperidine rings is 1. The number of benzene rings is 1. The van der Waals surface area contributed by atoms with E-state index in [1.165, 1.54) is 5.01 Å². The van der Waals surface area contributed by atoms with Crippen molar-refractivity contribution >= 4 is 27.4 Å². The molecule has 1 saturated heterocycles. The van der Waals surface area contributed by atoms with Crippen molar-refractivity contribution in [3.05, 3.63) is 35.4 Å². The van der Waals surface area contributed by atoms with E-state index < -0.39 is 31.5 Å². The summed E-state index contributed by atoms with van der Waals surface area (Å²) in [4.78, 5) is 28.1. The molecule has 0 aromatic heterocycles. The molecule has 1 aromatic rings. The molecule has 2 fully saturated rings. The van der Waals surface area contributed by atoms with Gasteiger partial charge in [0.25, 0.3) is 5.91 Å². The first-order valence-corrected chi connectivity index (χ1v) is 14.1. The van der Waals surface area contributed by atoms with E-state index in [0.717, 1.165) is 5.56 Å². The Labute approximate surface area is 218 Å². The number of fused-ring (bicyclic) bond motifs is 1. The summed E-state index contributed by atoms with van der Waals surface area (Å²) < 4.78 is 25.0. The smallest absolute Gasteiger partial charge is 0.268 e. The molecule has 0 radical (unpaired) electrons. The number of amides is 2. The third kappa shape index (κ3) is 4.97. The zero-order valence-electron chi connectivity index (χ0n) is 21.8. The Bertz CT molecular complexity index is 1240. The fraction of sp³-hybridized carbons (Fsp3) is 0.615. The minimum Gasteiger partial charge on any atom is -0.393 e. The quantitative estimate of drug-likeness (QED) is 0.489. The van der Waals surface area contributed by atoms with Gasteiger partial charge in [-0.3, -0.25) is 14.6 Å². The molecule has 1 aromatic carbocycles. The van der Waals surface area contributed by atoms with Crippen LogP contribution in [0.5, 0.6) is 0 Å². The van der Waals surface area contributed by atoms with Gasteiger partial charge < -0.3 is 15.3 Å². The zero-order valence-corrected chi connectivity index (χ0v) is 22.6. The van der Waals surface area contributed by atoms with Crippen LogP contribution in [0.15, 0.2) is 29.4 Å². The van der Waals surface area contributed by atoms with Crippen LogP contribution in [-0.2, 0) is 26.0 Å². The van der Waals surface area contributed by atoms with Gasteiger partial charge >= 0.3 is 0 Å². The van der Waals surface area contributed by atoms with E-state index >= 15 is 0 Å². The molecule has 1 aliphatic carbocycles. The number of carbonyl (C=O) groups is 2. The second-order valence-electron chi connectivity index (χ2n) is 11.1. The average Bonchev–Trinajstić information content (AvgIpc) is 3.55. The van der Waals surface area contributed by atoms with Crippen molar-refractivity contribution in [2.24, 2.45) is 11.0 Å². The Morgan fingerprint density at radius 3 is 2.54 bits per heavy atom. The predicted molar refractivity (Wildman–Crippen MR) is 138 cm³/mol. The van der Waals surface area contributed by atoms with Gasteiger partial charge in [-0.15, -0.1) is 0 Å². The Balaban J connectivity index is 1.41. The summed E-state index contributed by atoms with van der Waals surface area (Å²) >= 11 is 0. The number of aliphatic hydroxyl groups is 1. The predicted octanol–water partition coefficient (Wildman–Crippen LogP) is 1.19. The highest BCUT2D eigenvalue weighted by Crippen LogP contribution is 2.50. The molecule has 2 unspecified atom stereocenters. The highest BCUT2D eigenvalue weighted by atomic mass is 32.2.